The number of nitriles is 1. The second-order valence-corrected chi connectivity index (χ2v) is 9.52. The third-order valence-electron chi connectivity index (χ3n) is 3.69. The van der Waals surface area contributed by atoms with Crippen LogP contribution in [0.5, 0.6) is 0 Å². The van der Waals surface area contributed by atoms with Gasteiger partial charge in [0, 0.05) is 0 Å². The highest BCUT2D eigenvalue weighted by atomic mass is 28.3. The summed E-state index contributed by atoms with van der Waals surface area (Å²) in [5.74, 6) is 0. The summed E-state index contributed by atoms with van der Waals surface area (Å²) in [7, 11) is -1.19. The first-order valence-corrected chi connectivity index (χ1v) is 10.7. The molecular formula is C18H25N3OSi. The SMILES string of the molecule is C[SiH](C)OC(c1cncn1Cc1ccccc1C#N)C(C)(C)C. The van der Waals surface area contributed by atoms with Crippen molar-refractivity contribution >= 4 is 9.04 Å². The van der Waals surface area contributed by atoms with Gasteiger partial charge in [0.15, 0.2) is 9.04 Å². The van der Waals surface area contributed by atoms with Crippen LogP contribution in [0.15, 0.2) is 36.8 Å². The fourth-order valence-corrected chi connectivity index (χ4v) is 3.71. The zero-order valence-corrected chi connectivity index (χ0v) is 15.7. The van der Waals surface area contributed by atoms with Crippen LogP contribution >= 0.6 is 0 Å². The van der Waals surface area contributed by atoms with E-state index in [-0.39, 0.29) is 11.5 Å². The molecule has 0 aliphatic rings. The van der Waals surface area contributed by atoms with E-state index in [2.05, 4.69) is 49.5 Å². The first-order chi connectivity index (χ1) is 10.8. The third-order valence-corrected chi connectivity index (χ3v) is 4.50. The van der Waals surface area contributed by atoms with Crippen molar-refractivity contribution in [1.29, 1.82) is 5.26 Å². The van der Waals surface area contributed by atoms with Crippen molar-refractivity contribution in [2.45, 2.75) is 46.5 Å². The van der Waals surface area contributed by atoms with Crippen LogP contribution in [0.3, 0.4) is 0 Å². The number of benzene rings is 1. The quantitative estimate of drug-likeness (QED) is 0.783. The van der Waals surface area contributed by atoms with E-state index < -0.39 is 9.04 Å². The predicted octanol–water partition coefficient (Wildman–Crippen LogP) is 3.89. The van der Waals surface area contributed by atoms with Crippen LogP contribution < -0.4 is 0 Å². The van der Waals surface area contributed by atoms with Crippen molar-refractivity contribution in [1.82, 2.24) is 9.55 Å². The third kappa shape index (κ3) is 4.31. The van der Waals surface area contributed by atoms with E-state index in [1.807, 2.05) is 36.8 Å². The Labute approximate surface area is 140 Å². The van der Waals surface area contributed by atoms with Crippen molar-refractivity contribution in [3.63, 3.8) is 0 Å². The molecule has 0 saturated carbocycles. The molecule has 0 spiro atoms. The van der Waals surface area contributed by atoms with Crippen molar-refractivity contribution in [3.05, 3.63) is 53.6 Å². The normalized spacial score (nSPS) is 13.1. The Morgan fingerprint density at radius 1 is 1.30 bits per heavy atom. The molecule has 1 aromatic heterocycles. The average molecular weight is 328 g/mol. The lowest BCUT2D eigenvalue weighted by atomic mass is 9.87. The van der Waals surface area contributed by atoms with Crippen LogP contribution in [-0.2, 0) is 11.0 Å². The topological polar surface area (TPSA) is 50.8 Å². The van der Waals surface area contributed by atoms with E-state index in [9.17, 15) is 5.26 Å². The smallest absolute Gasteiger partial charge is 0.171 e. The highest BCUT2D eigenvalue weighted by molar-refractivity contribution is 6.48. The van der Waals surface area contributed by atoms with Crippen molar-refractivity contribution in [2.75, 3.05) is 0 Å². The Morgan fingerprint density at radius 2 is 2.00 bits per heavy atom. The first-order valence-electron chi connectivity index (χ1n) is 7.96. The maximum atomic E-state index is 9.28. The molecule has 0 bridgehead atoms. The number of imidazole rings is 1. The fraction of sp³-hybridized carbons (Fsp3) is 0.444. The summed E-state index contributed by atoms with van der Waals surface area (Å²) in [6, 6.07) is 9.96. The molecule has 1 unspecified atom stereocenters. The summed E-state index contributed by atoms with van der Waals surface area (Å²) in [5.41, 5.74) is 2.78. The Morgan fingerprint density at radius 3 is 2.61 bits per heavy atom. The molecule has 5 heteroatoms. The summed E-state index contributed by atoms with van der Waals surface area (Å²) < 4.78 is 8.41. The van der Waals surface area contributed by atoms with Crippen LogP contribution in [0.2, 0.25) is 13.1 Å². The molecule has 2 aromatic rings. The van der Waals surface area contributed by atoms with Gasteiger partial charge in [-0.15, -0.1) is 0 Å². The molecule has 122 valence electrons. The van der Waals surface area contributed by atoms with Crippen LogP contribution in [0.4, 0.5) is 0 Å². The van der Waals surface area contributed by atoms with Gasteiger partial charge < -0.3 is 8.99 Å². The molecule has 4 nitrogen and oxygen atoms in total. The monoisotopic (exact) mass is 327 g/mol. The van der Waals surface area contributed by atoms with Crippen LogP contribution in [-0.4, -0.2) is 18.6 Å². The van der Waals surface area contributed by atoms with Gasteiger partial charge in [-0.1, -0.05) is 39.0 Å². The predicted molar refractivity (Wildman–Crippen MR) is 94.6 cm³/mol. The van der Waals surface area contributed by atoms with E-state index in [0.717, 1.165) is 11.3 Å². The minimum absolute atomic E-state index is 0.00548. The fourth-order valence-electron chi connectivity index (χ4n) is 2.62. The lowest BCUT2D eigenvalue weighted by molar-refractivity contribution is 0.0796. The Bertz CT molecular complexity index is 695. The molecule has 23 heavy (non-hydrogen) atoms. The minimum Gasteiger partial charge on any atom is -0.412 e. The van der Waals surface area contributed by atoms with E-state index in [1.54, 1.807) is 0 Å². The molecule has 0 fully saturated rings. The van der Waals surface area contributed by atoms with Crippen LogP contribution in [0.1, 0.15) is 43.7 Å². The number of hydrogen-bond acceptors (Lipinski definition) is 3. The Hall–Kier alpha value is -1.90. The van der Waals surface area contributed by atoms with E-state index in [1.165, 1.54) is 0 Å². The molecule has 0 N–H and O–H groups in total. The Kier molecular flexibility index (Phi) is 5.40. The Balaban J connectivity index is 2.36. The van der Waals surface area contributed by atoms with Gasteiger partial charge >= 0.3 is 0 Å². The zero-order chi connectivity index (χ0) is 17.0. The number of hydrogen-bond donors (Lipinski definition) is 0. The molecule has 0 radical (unpaired) electrons. The van der Waals surface area contributed by atoms with E-state index >= 15 is 0 Å². The molecule has 0 amide bonds. The van der Waals surface area contributed by atoms with Gasteiger partial charge in [0.05, 0.1) is 42.5 Å². The lowest BCUT2D eigenvalue weighted by Crippen LogP contribution is -2.28. The first kappa shape index (κ1) is 17.5. The van der Waals surface area contributed by atoms with Gasteiger partial charge in [0.25, 0.3) is 0 Å². The molecular weight excluding hydrogens is 302 g/mol. The summed E-state index contributed by atoms with van der Waals surface area (Å²) in [4.78, 5) is 4.33. The maximum Gasteiger partial charge on any atom is 0.171 e. The van der Waals surface area contributed by atoms with Crippen molar-refractivity contribution in [3.8, 4) is 6.07 Å². The number of nitrogens with zero attached hydrogens (tertiary/aromatic N) is 3. The molecule has 0 aliphatic carbocycles. The molecule has 0 aliphatic heterocycles. The number of rotatable bonds is 5. The van der Waals surface area contributed by atoms with Gasteiger partial charge in [-0.2, -0.15) is 5.26 Å². The molecule has 1 aromatic carbocycles. The zero-order valence-electron chi connectivity index (χ0n) is 14.6. The highest BCUT2D eigenvalue weighted by Gasteiger charge is 2.30. The average Bonchev–Trinajstić information content (AvgIpc) is 2.92. The van der Waals surface area contributed by atoms with Crippen molar-refractivity contribution in [2.24, 2.45) is 5.41 Å². The molecule has 2 rings (SSSR count). The summed E-state index contributed by atoms with van der Waals surface area (Å²) in [5, 5.41) is 9.28. The summed E-state index contributed by atoms with van der Waals surface area (Å²) >= 11 is 0. The maximum absolute atomic E-state index is 9.28. The van der Waals surface area contributed by atoms with Gasteiger partial charge in [0.2, 0.25) is 0 Å². The van der Waals surface area contributed by atoms with Gasteiger partial charge in [-0.3, -0.25) is 0 Å². The number of aromatic nitrogens is 2. The molecule has 1 heterocycles. The molecule has 1 atom stereocenters. The minimum atomic E-state index is -1.19. The summed E-state index contributed by atoms with van der Waals surface area (Å²) in [6.07, 6.45) is 3.72. The van der Waals surface area contributed by atoms with E-state index in [0.29, 0.717) is 12.1 Å². The van der Waals surface area contributed by atoms with Gasteiger partial charge in [-0.25, -0.2) is 4.98 Å². The van der Waals surface area contributed by atoms with Crippen LogP contribution in [0, 0.1) is 16.7 Å². The largest absolute Gasteiger partial charge is 0.412 e. The molecule has 0 saturated heterocycles. The highest BCUT2D eigenvalue weighted by Crippen LogP contribution is 2.36. The standard InChI is InChI=1S/C18H25N3OSi/c1-18(2,3)17(22-23(4)5)16-11-20-13-21(16)12-15-9-7-6-8-14(15)10-19/h6-9,11,13,17,23H,12H2,1-5H3. The van der Waals surface area contributed by atoms with Crippen molar-refractivity contribution < 1.29 is 4.43 Å². The van der Waals surface area contributed by atoms with Gasteiger partial charge in [0.1, 0.15) is 0 Å². The van der Waals surface area contributed by atoms with Crippen LogP contribution in [0.25, 0.3) is 0 Å². The second-order valence-electron chi connectivity index (χ2n) is 7.15. The lowest BCUT2D eigenvalue weighted by Gasteiger charge is -2.33. The van der Waals surface area contributed by atoms with Gasteiger partial charge in [-0.05, 0) is 30.1 Å². The van der Waals surface area contributed by atoms with E-state index in [4.69, 9.17) is 4.43 Å². The summed E-state index contributed by atoms with van der Waals surface area (Å²) in [6.45, 7) is 11.6. The second kappa shape index (κ2) is 7.11.